The van der Waals surface area contributed by atoms with Crippen LogP contribution in [-0.2, 0) is 10.0 Å². The first-order valence-corrected chi connectivity index (χ1v) is 5.74. The lowest BCUT2D eigenvalue weighted by atomic mass is 10.3. The number of primary sulfonamides is 1. The second-order valence-corrected chi connectivity index (χ2v) is 4.74. The molecule has 0 saturated heterocycles. The van der Waals surface area contributed by atoms with Crippen molar-refractivity contribution < 1.29 is 21.6 Å². The zero-order valence-corrected chi connectivity index (χ0v) is 9.32. The lowest BCUT2D eigenvalue weighted by molar-refractivity contribution is 0.145. The Balaban J connectivity index is 3.48. The minimum Gasteiger partial charge on any atom is -0.238 e. The van der Waals surface area contributed by atoms with Gasteiger partial charge < -0.3 is 0 Å². The predicted octanol–water partition coefficient (Wildman–Crippen LogP) is 1.57. The van der Waals surface area contributed by atoms with Crippen LogP contribution in [0.25, 0.3) is 0 Å². The Labute approximate surface area is 91.5 Å². The fourth-order valence-electron chi connectivity index (χ4n) is 0.855. The Kier molecular flexibility index (Phi) is 3.36. The summed E-state index contributed by atoms with van der Waals surface area (Å²) in [7, 11) is -4.34. The molecule has 0 spiro atoms. The van der Waals surface area contributed by atoms with Gasteiger partial charge in [-0.2, -0.15) is 0 Å². The molecule has 0 aromatic carbocycles. The van der Waals surface area contributed by atoms with E-state index in [1.807, 2.05) is 0 Å². The minimum absolute atomic E-state index is 0.329. The number of nitrogens with zero attached hydrogens (tertiary/aromatic N) is 1. The highest BCUT2D eigenvalue weighted by atomic mass is 79.9. The molecule has 1 aromatic rings. The van der Waals surface area contributed by atoms with Gasteiger partial charge in [-0.25, -0.2) is 31.7 Å². The largest absolute Gasteiger partial charge is 0.280 e. The summed E-state index contributed by atoms with van der Waals surface area (Å²) in [5.41, 5.74) is -0.869. The molecule has 2 N–H and O–H groups in total. The number of halogens is 4. The molecule has 1 heterocycles. The molecule has 0 fully saturated rings. The molecule has 0 aliphatic heterocycles. The third-order valence-corrected chi connectivity index (χ3v) is 3.21. The molecular formula is C6H4BrF3N2O2S. The highest BCUT2D eigenvalue weighted by Crippen LogP contribution is 2.26. The van der Waals surface area contributed by atoms with Crippen LogP contribution in [0.5, 0.6) is 0 Å². The molecule has 0 saturated carbocycles. The van der Waals surface area contributed by atoms with E-state index >= 15 is 0 Å². The van der Waals surface area contributed by atoms with Gasteiger partial charge in [0.25, 0.3) is 6.43 Å². The molecular weight excluding hydrogens is 301 g/mol. The molecule has 0 unspecified atom stereocenters. The van der Waals surface area contributed by atoms with Crippen LogP contribution in [-0.4, -0.2) is 13.4 Å². The van der Waals surface area contributed by atoms with Gasteiger partial charge in [-0.1, -0.05) is 0 Å². The van der Waals surface area contributed by atoms with E-state index in [1.165, 1.54) is 0 Å². The second kappa shape index (κ2) is 4.06. The lowest BCUT2D eigenvalue weighted by Gasteiger charge is -2.05. The van der Waals surface area contributed by atoms with Crippen LogP contribution in [0.4, 0.5) is 13.2 Å². The first-order chi connectivity index (χ1) is 6.73. The Morgan fingerprint density at radius 3 is 2.33 bits per heavy atom. The van der Waals surface area contributed by atoms with E-state index in [-0.39, 0.29) is 0 Å². The van der Waals surface area contributed by atoms with Gasteiger partial charge in [0.05, 0.1) is 0 Å². The Bertz CT molecular complexity index is 468. The van der Waals surface area contributed by atoms with Gasteiger partial charge in [-0.05, 0) is 15.9 Å². The van der Waals surface area contributed by atoms with E-state index in [4.69, 9.17) is 0 Å². The molecule has 0 aliphatic rings. The molecule has 0 aliphatic carbocycles. The summed E-state index contributed by atoms with van der Waals surface area (Å²) in [5, 5.41) is 4.66. The number of hydrogen-bond donors (Lipinski definition) is 1. The summed E-state index contributed by atoms with van der Waals surface area (Å²) in [5.74, 6) is -1.37. The number of rotatable bonds is 2. The number of pyridine rings is 1. The van der Waals surface area contributed by atoms with Crippen LogP contribution < -0.4 is 5.14 Å². The molecule has 4 nitrogen and oxygen atoms in total. The lowest BCUT2D eigenvalue weighted by Crippen LogP contribution is -2.16. The number of alkyl halides is 2. The highest BCUT2D eigenvalue weighted by molar-refractivity contribution is 9.10. The quantitative estimate of drug-likeness (QED) is 0.843. The van der Waals surface area contributed by atoms with Gasteiger partial charge in [-0.3, -0.25) is 0 Å². The number of sulfonamides is 1. The monoisotopic (exact) mass is 304 g/mol. The molecule has 1 rings (SSSR count). The minimum atomic E-state index is -4.34. The summed E-state index contributed by atoms with van der Waals surface area (Å²) >= 11 is 2.56. The zero-order chi connectivity index (χ0) is 11.8. The summed E-state index contributed by atoms with van der Waals surface area (Å²) < 4.78 is 58.5. The van der Waals surface area contributed by atoms with E-state index in [0.717, 1.165) is 0 Å². The normalized spacial score (nSPS) is 12.1. The summed E-state index contributed by atoms with van der Waals surface area (Å²) in [4.78, 5) is 2.23. The maximum atomic E-state index is 13.1. The molecule has 0 amide bonds. The van der Waals surface area contributed by atoms with Gasteiger partial charge in [0.1, 0.15) is 16.1 Å². The summed E-state index contributed by atoms with van der Waals surface area (Å²) in [6.45, 7) is 0. The average Bonchev–Trinajstić information content (AvgIpc) is 1.99. The third-order valence-electron chi connectivity index (χ3n) is 1.41. The number of hydrogen-bond acceptors (Lipinski definition) is 3. The molecule has 84 valence electrons. The van der Waals surface area contributed by atoms with Crippen molar-refractivity contribution in [1.82, 2.24) is 4.98 Å². The second-order valence-electron chi connectivity index (χ2n) is 2.49. The first-order valence-electron chi connectivity index (χ1n) is 3.40. The van der Waals surface area contributed by atoms with E-state index in [2.05, 4.69) is 26.1 Å². The average molecular weight is 305 g/mol. The fourth-order valence-corrected chi connectivity index (χ4v) is 2.54. The third kappa shape index (κ3) is 2.67. The van der Waals surface area contributed by atoms with Crippen molar-refractivity contribution in [1.29, 1.82) is 0 Å². The smallest absolute Gasteiger partial charge is 0.238 e. The van der Waals surface area contributed by atoms with Crippen LogP contribution in [0.1, 0.15) is 12.1 Å². The first kappa shape index (κ1) is 12.4. The maximum Gasteiger partial charge on any atom is 0.280 e. The predicted molar refractivity (Wildman–Crippen MR) is 48.2 cm³/mol. The molecule has 1 aromatic heterocycles. The van der Waals surface area contributed by atoms with Gasteiger partial charge in [0.15, 0.2) is 4.90 Å². The Morgan fingerprint density at radius 2 is 2.00 bits per heavy atom. The van der Waals surface area contributed by atoms with Crippen LogP contribution in [0.2, 0.25) is 0 Å². The van der Waals surface area contributed by atoms with Gasteiger partial charge in [-0.15, -0.1) is 0 Å². The van der Waals surface area contributed by atoms with E-state index in [1.54, 1.807) is 0 Å². The SMILES string of the molecule is NS(=O)(=O)c1c(F)cc(C(F)F)nc1Br. The van der Waals surface area contributed by atoms with Crippen molar-refractivity contribution in [3.63, 3.8) is 0 Å². The van der Waals surface area contributed by atoms with Crippen molar-refractivity contribution in [2.75, 3.05) is 0 Å². The van der Waals surface area contributed by atoms with Gasteiger partial charge >= 0.3 is 0 Å². The summed E-state index contributed by atoms with van der Waals surface area (Å²) in [6, 6.07) is 0.329. The zero-order valence-electron chi connectivity index (χ0n) is 6.92. The van der Waals surface area contributed by atoms with Crippen molar-refractivity contribution >= 4 is 26.0 Å². The van der Waals surface area contributed by atoms with Crippen molar-refractivity contribution in [2.45, 2.75) is 11.3 Å². The Morgan fingerprint density at radius 1 is 1.47 bits per heavy atom. The molecule has 0 radical (unpaired) electrons. The molecule has 0 atom stereocenters. The van der Waals surface area contributed by atoms with Crippen molar-refractivity contribution in [3.05, 3.63) is 22.2 Å². The van der Waals surface area contributed by atoms with Gasteiger partial charge in [0, 0.05) is 6.07 Å². The molecule has 9 heteroatoms. The van der Waals surface area contributed by atoms with Crippen LogP contribution in [0.3, 0.4) is 0 Å². The van der Waals surface area contributed by atoms with Gasteiger partial charge in [0.2, 0.25) is 10.0 Å². The van der Waals surface area contributed by atoms with E-state index in [0.29, 0.717) is 6.07 Å². The molecule has 0 bridgehead atoms. The summed E-state index contributed by atoms with van der Waals surface area (Å²) in [6.07, 6.45) is -3.00. The highest BCUT2D eigenvalue weighted by Gasteiger charge is 2.23. The van der Waals surface area contributed by atoms with Crippen LogP contribution in [0.15, 0.2) is 15.6 Å². The number of nitrogens with two attached hydrogens (primary N) is 1. The fraction of sp³-hybridized carbons (Fsp3) is 0.167. The van der Waals surface area contributed by atoms with E-state index < -0.39 is 37.5 Å². The van der Waals surface area contributed by atoms with Crippen molar-refractivity contribution in [3.8, 4) is 0 Å². The van der Waals surface area contributed by atoms with Crippen LogP contribution in [0, 0.1) is 5.82 Å². The van der Waals surface area contributed by atoms with Crippen molar-refractivity contribution in [2.24, 2.45) is 5.14 Å². The van der Waals surface area contributed by atoms with E-state index in [9.17, 15) is 21.6 Å². The van der Waals surface area contributed by atoms with Crippen LogP contribution >= 0.6 is 15.9 Å². The standard InChI is InChI=1S/C6H4BrF3N2O2S/c7-5-4(15(11,13)14)2(8)1-3(12-5)6(9)10/h1,6H,(H2,11,13,14). The Hall–Kier alpha value is -0.670. The molecule has 15 heavy (non-hydrogen) atoms. The maximum absolute atomic E-state index is 13.1. The number of aromatic nitrogens is 1. The topological polar surface area (TPSA) is 73.1 Å².